The van der Waals surface area contributed by atoms with Crippen LogP contribution in [0.1, 0.15) is 12.0 Å². The van der Waals surface area contributed by atoms with Crippen LogP contribution in [0.5, 0.6) is 0 Å². The van der Waals surface area contributed by atoms with Gasteiger partial charge >= 0.3 is 0 Å². The summed E-state index contributed by atoms with van der Waals surface area (Å²) in [5, 5.41) is 0. The van der Waals surface area contributed by atoms with E-state index in [2.05, 4.69) is 15.9 Å². The van der Waals surface area contributed by atoms with Crippen LogP contribution in [0.4, 0.5) is 8.78 Å². The molecule has 4 heteroatoms. The summed E-state index contributed by atoms with van der Waals surface area (Å²) in [6.07, 6.45) is 1.25. The highest BCUT2D eigenvalue weighted by Crippen LogP contribution is 2.20. The van der Waals surface area contributed by atoms with Crippen LogP contribution in [0.2, 0.25) is 0 Å². The Morgan fingerprint density at radius 2 is 1.92 bits per heavy atom. The summed E-state index contributed by atoms with van der Waals surface area (Å²) in [4.78, 5) is 0. The first kappa shape index (κ1) is 10.6. The van der Waals surface area contributed by atoms with E-state index in [-0.39, 0.29) is 0 Å². The van der Waals surface area contributed by atoms with Gasteiger partial charge in [-0.15, -0.1) is 0 Å². The molecule has 0 fully saturated rings. The molecule has 0 aliphatic rings. The average molecular weight is 250 g/mol. The molecule has 2 N–H and O–H groups in total. The third-order valence-electron chi connectivity index (χ3n) is 1.74. The molecule has 0 radical (unpaired) electrons. The monoisotopic (exact) mass is 249 g/mol. The third kappa shape index (κ3) is 2.74. The van der Waals surface area contributed by atoms with Crippen LogP contribution in [0, 0.1) is 11.6 Å². The molecule has 1 aromatic carbocycles. The van der Waals surface area contributed by atoms with Crippen LogP contribution in [0.3, 0.4) is 0 Å². The predicted molar refractivity (Wildman–Crippen MR) is 51.4 cm³/mol. The predicted octanol–water partition coefficient (Wildman–Crippen LogP) is 2.62. The minimum absolute atomic E-state index is 0.293. The van der Waals surface area contributed by atoms with Gasteiger partial charge in [0.15, 0.2) is 0 Å². The van der Waals surface area contributed by atoms with Crippen LogP contribution in [-0.2, 0) is 6.42 Å². The quantitative estimate of drug-likeness (QED) is 0.820. The number of nitrogens with two attached hydrogens (primary N) is 1. The first-order chi connectivity index (χ1) is 6.15. The molecule has 72 valence electrons. The van der Waals surface area contributed by atoms with Crippen LogP contribution in [0.25, 0.3) is 0 Å². The largest absolute Gasteiger partial charge is 0.330 e. The van der Waals surface area contributed by atoms with Crippen LogP contribution < -0.4 is 5.73 Å². The molecule has 0 spiro atoms. The van der Waals surface area contributed by atoms with E-state index < -0.39 is 11.6 Å². The van der Waals surface area contributed by atoms with Gasteiger partial charge in [-0.05, 0) is 46.9 Å². The summed E-state index contributed by atoms with van der Waals surface area (Å²) >= 11 is 3.00. The molecule has 1 rings (SSSR count). The summed E-state index contributed by atoms with van der Waals surface area (Å²) in [5.41, 5.74) is 5.78. The SMILES string of the molecule is NCCCc1cc(Br)c(F)cc1F. The highest BCUT2D eigenvalue weighted by molar-refractivity contribution is 9.10. The standard InChI is InChI=1S/C9H10BrF2N/c10-7-4-6(2-1-3-13)8(11)5-9(7)12/h4-5H,1-3,13H2. The average Bonchev–Trinajstić information content (AvgIpc) is 2.09. The third-order valence-corrected chi connectivity index (χ3v) is 2.35. The van der Waals surface area contributed by atoms with E-state index in [1.54, 1.807) is 0 Å². The molecule has 0 heterocycles. The molecule has 0 unspecified atom stereocenters. The second-order valence-electron chi connectivity index (χ2n) is 2.75. The Morgan fingerprint density at radius 3 is 2.54 bits per heavy atom. The van der Waals surface area contributed by atoms with Crippen molar-refractivity contribution in [3.05, 3.63) is 33.8 Å². The highest BCUT2D eigenvalue weighted by Gasteiger charge is 2.07. The minimum Gasteiger partial charge on any atom is -0.330 e. The van der Waals surface area contributed by atoms with Crippen LogP contribution >= 0.6 is 15.9 Å². The van der Waals surface area contributed by atoms with Crippen molar-refractivity contribution in [1.29, 1.82) is 0 Å². The number of hydrogen-bond acceptors (Lipinski definition) is 1. The van der Waals surface area contributed by atoms with Gasteiger partial charge < -0.3 is 5.73 Å². The van der Waals surface area contributed by atoms with E-state index in [1.165, 1.54) is 6.07 Å². The lowest BCUT2D eigenvalue weighted by Gasteiger charge is -2.03. The number of benzene rings is 1. The molecule has 0 amide bonds. The molecule has 1 nitrogen and oxygen atoms in total. The second kappa shape index (κ2) is 4.67. The number of rotatable bonds is 3. The van der Waals surface area contributed by atoms with Crippen LogP contribution in [-0.4, -0.2) is 6.54 Å². The topological polar surface area (TPSA) is 26.0 Å². The zero-order chi connectivity index (χ0) is 9.84. The Bertz CT molecular complexity index is 302. The summed E-state index contributed by atoms with van der Waals surface area (Å²) in [7, 11) is 0. The van der Waals surface area contributed by atoms with Gasteiger partial charge in [0.1, 0.15) is 11.6 Å². The maximum atomic E-state index is 13.1. The zero-order valence-electron chi connectivity index (χ0n) is 6.99. The van der Waals surface area contributed by atoms with Crippen molar-refractivity contribution in [2.75, 3.05) is 6.54 Å². The molecular formula is C9H10BrF2N. The van der Waals surface area contributed by atoms with Crippen molar-refractivity contribution in [3.8, 4) is 0 Å². The number of halogens is 3. The highest BCUT2D eigenvalue weighted by atomic mass is 79.9. The molecule has 0 saturated heterocycles. The lowest BCUT2D eigenvalue weighted by atomic mass is 10.1. The van der Waals surface area contributed by atoms with Crippen molar-refractivity contribution in [2.45, 2.75) is 12.8 Å². The Hall–Kier alpha value is -0.480. The van der Waals surface area contributed by atoms with Gasteiger partial charge in [0, 0.05) is 6.07 Å². The van der Waals surface area contributed by atoms with E-state index in [0.29, 0.717) is 29.4 Å². The van der Waals surface area contributed by atoms with Gasteiger partial charge in [-0.25, -0.2) is 8.78 Å². The molecule has 0 saturated carbocycles. The van der Waals surface area contributed by atoms with Crippen molar-refractivity contribution in [1.82, 2.24) is 0 Å². The molecule has 0 aliphatic heterocycles. The molecule has 0 bridgehead atoms. The molecule has 0 aromatic heterocycles. The normalized spacial score (nSPS) is 10.5. The summed E-state index contributed by atoms with van der Waals surface area (Å²) in [6, 6.07) is 2.34. The van der Waals surface area contributed by atoms with Gasteiger partial charge in [0.25, 0.3) is 0 Å². The zero-order valence-corrected chi connectivity index (χ0v) is 8.57. The lowest BCUT2D eigenvalue weighted by molar-refractivity contribution is 0.566. The second-order valence-corrected chi connectivity index (χ2v) is 3.60. The van der Waals surface area contributed by atoms with E-state index in [0.717, 1.165) is 6.07 Å². The van der Waals surface area contributed by atoms with E-state index in [9.17, 15) is 8.78 Å². The van der Waals surface area contributed by atoms with E-state index >= 15 is 0 Å². The Morgan fingerprint density at radius 1 is 1.23 bits per heavy atom. The van der Waals surface area contributed by atoms with Crippen LogP contribution in [0.15, 0.2) is 16.6 Å². The van der Waals surface area contributed by atoms with E-state index in [4.69, 9.17) is 5.73 Å². The minimum atomic E-state index is -0.575. The number of aryl methyl sites for hydroxylation is 1. The maximum Gasteiger partial charge on any atom is 0.140 e. The van der Waals surface area contributed by atoms with Crippen molar-refractivity contribution < 1.29 is 8.78 Å². The Labute approximate surface area is 84.1 Å². The fourth-order valence-corrected chi connectivity index (χ4v) is 1.44. The van der Waals surface area contributed by atoms with Crippen molar-refractivity contribution in [3.63, 3.8) is 0 Å². The first-order valence-corrected chi connectivity index (χ1v) is 4.78. The van der Waals surface area contributed by atoms with Gasteiger partial charge in [-0.2, -0.15) is 0 Å². The van der Waals surface area contributed by atoms with Gasteiger partial charge in [0.05, 0.1) is 4.47 Å². The van der Waals surface area contributed by atoms with Crippen molar-refractivity contribution in [2.24, 2.45) is 5.73 Å². The Kier molecular flexibility index (Phi) is 3.81. The van der Waals surface area contributed by atoms with Crippen molar-refractivity contribution >= 4 is 15.9 Å². The molecular weight excluding hydrogens is 240 g/mol. The van der Waals surface area contributed by atoms with Gasteiger partial charge in [-0.1, -0.05) is 0 Å². The molecule has 0 atom stereocenters. The fourth-order valence-electron chi connectivity index (χ4n) is 1.05. The maximum absolute atomic E-state index is 13.1. The molecule has 0 aliphatic carbocycles. The fraction of sp³-hybridized carbons (Fsp3) is 0.333. The summed E-state index contributed by atoms with van der Waals surface area (Å²) in [5.74, 6) is -1.08. The lowest BCUT2D eigenvalue weighted by Crippen LogP contribution is -2.02. The number of hydrogen-bond donors (Lipinski definition) is 1. The molecule has 1 aromatic rings. The Balaban J connectivity index is 2.88. The van der Waals surface area contributed by atoms with Gasteiger partial charge in [-0.3, -0.25) is 0 Å². The smallest absolute Gasteiger partial charge is 0.140 e. The van der Waals surface area contributed by atoms with Gasteiger partial charge in [0.2, 0.25) is 0 Å². The first-order valence-electron chi connectivity index (χ1n) is 3.98. The molecule has 13 heavy (non-hydrogen) atoms. The summed E-state index contributed by atoms with van der Waals surface area (Å²) in [6.45, 7) is 0.508. The summed E-state index contributed by atoms with van der Waals surface area (Å²) < 4.78 is 26.1. The van der Waals surface area contributed by atoms with E-state index in [1.807, 2.05) is 0 Å².